The maximum absolute atomic E-state index is 12.9. The monoisotopic (exact) mass is 680 g/mol. The summed E-state index contributed by atoms with van der Waals surface area (Å²) in [6, 6.07) is 1.44. The number of Topliss-reactive ketones (excluding diaryl/α,β-unsaturated/α-hetero) is 1. The van der Waals surface area contributed by atoms with Crippen molar-refractivity contribution >= 4 is 34.6 Å². The van der Waals surface area contributed by atoms with Gasteiger partial charge in [0.1, 0.15) is 30.7 Å². The first-order valence-corrected chi connectivity index (χ1v) is 19.3. The molecule has 0 aliphatic carbocycles. The lowest BCUT2D eigenvalue weighted by Gasteiger charge is -2.51. The second-order valence-corrected chi connectivity index (χ2v) is 21.7. The van der Waals surface area contributed by atoms with E-state index in [1.807, 2.05) is 0 Å². The molecule has 0 saturated carbocycles. The highest BCUT2D eigenvalue weighted by atomic mass is 28.5. The molecule has 2 aliphatic heterocycles. The van der Waals surface area contributed by atoms with Gasteiger partial charge in [-0.25, -0.2) is 4.79 Å². The Balaban J connectivity index is 1.94. The number of ketones is 1. The molecule has 0 radical (unpaired) electrons. The van der Waals surface area contributed by atoms with Crippen molar-refractivity contribution in [1.29, 1.82) is 0 Å². The third-order valence-electron chi connectivity index (χ3n) is 8.37. The van der Waals surface area contributed by atoms with Gasteiger partial charge >= 0.3 is 29.0 Å². The van der Waals surface area contributed by atoms with E-state index in [1.54, 1.807) is 0 Å². The molecule has 3 heterocycles. The molecule has 3 N–H and O–H groups in total. The van der Waals surface area contributed by atoms with Crippen LogP contribution in [-0.4, -0.2) is 82.6 Å². The van der Waals surface area contributed by atoms with Crippen molar-refractivity contribution in [2.45, 2.75) is 121 Å². The Morgan fingerprint density at radius 3 is 2.22 bits per heavy atom. The van der Waals surface area contributed by atoms with Crippen LogP contribution in [0, 0.1) is 0 Å². The third-order valence-corrected chi connectivity index (χ3v) is 18.6. The van der Waals surface area contributed by atoms with Gasteiger partial charge in [-0.15, -0.1) is 0 Å². The molecule has 1 aromatic rings. The van der Waals surface area contributed by atoms with E-state index < -0.39 is 78.2 Å². The minimum absolute atomic E-state index is 0.0183. The molecule has 2 aliphatic rings. The number of amides is 1. The van der Waals surface area contributed by atoms with E-state index in [0.29, 0.717) is 0 Å². The largest absolute Gasteiger partial charge is 0.449 e. The van der Waals surface area contributed by atoms with Crippen LogP contribution in [0.4, 0.5) is 19.0 Å². The highest BCUT2D eigenvalue weighted by Crippen LogP contribution is 2.48. The molecule has 17 heteroatoms. The van der Waals surface area contributed by atoms with Gasteiger partial charge < -0.3 is 33.5 Å². The maximum Gasteiger partial charge on any atom is 0.449 e. The number of carbonyl (C=O) groups excluding carboxylic acids is 2. The van der Waals surface area contributed by atoms with Crippen LogP contribution in [0.1, 0.15) is 74.5 Å². The van der Waals surface area contributed by atoms with Gasteiger partial charge in [0, 0.05) is 19.2 Å². The highest BCUT2D eigenvalue weighted by molar-refractivity contribution is 6.84. The first kappa shape index (κ1) is 37.3. The number of fused-ring (bicyclic) bond motifs is 1. The predicted molar refractivity (Wildman–Crippen MR) is 164 cm³/mol. The molecule has 4 atom stereocenters. The van der Waals surface area contributed by atoms with Crippen LogP contribution < -0.4 is 16.7 Å². The van der Waals surface area contributed by atoms with Gasteiger partial charge in [-0.2, -0.15) is 18.2 Å². The second kappa shape index (κ2) is 14.7. The van der Waals surface area contributed by atoms with Gasteiger partial charge in [-0.05, 0) is 34.7 Å². The first-order chi connectivity index (χ1) is 20.9. The molecule has 0 aromatic carbocycles. The van der Waals surface area contributed by atoms with Crippen LogP contribution in [0.2, 0.25) is 22.2 Å². The Labute approximate surface area is 264 Å². The Bertz CT molecular complexity index is 1230. The summed E-state index contributed by atoms with van der Waals surface area (Å²) < 4.78 is 72.3. The lowest BCUT2D eigenvalue weighted by molar-refractivity contribution is -0.171. The van der Waals surface area contributed by atoms with E-state index in [2.05, 4.69) is 65.7 Å². The number of nitrogens with one attached hydrogen (secondary N) is 1. The predicted octanol–water partition coefficient (Wildman–Crippen LogP) is 4.09. The van der Waals surface area contributed by atoms with Crippen molar-refractivity contribution in [3.8, 4) is 0 Å². The molecule has 45 heavy (non-hydrogen) atoms. The van der Waals surface area contributed by atoms with Crippen molar-refractivity contribution < 1.29 is 45.2 Å². The number of halogens is 3. The fourth-order valence-electron chi connectivity index (χ4n) is 5.98. The number of nitrogens with zero attached hydrogens (tertiary/aromatic N) is 2. The number of hydrogen-bond donors (Lipinski definition) is 2. The van der Waals surface area contributed by atoms with Gasteiger partial charge in [0.05, 0.1) is 6.61 Å². The molecular weight excluding hydrogens is 633 g/mol. The third kappa shape index (κ3) is 8.23. The van der Waals surface area contributed by atoms with Gasteiger partial charge in [0.25, 0.3) is 0 Å². The minimum Gasteiger partial charge on any atom is -0.414 e. The number of anilines is 1. The smallest absolute Gasteiger partial charge is 0.414 e. The number of ether oxygens (including phenoxy) is 2. The summed E-state index contributed by atoms with van der Waals surface area (Å²) in [7, 11) is -6.04. The number of carbonyl (C=O) groups is 2. The molecule has 1 unspecified atom stereocenters. The van der Waals surface area contributed by atoms with Crippen LogP contribution >= 0.6 is 0 Å². The standard InChI is InChI=1S/C28H47F3N4O8Si2/c1-16(2)44(17(3)4)40-14-20-24(42-45(43-44,18(5)6)19(7)8)25(26(41-20)35-13-11-22(32)34-27(35)38)39-15-23(37)33-12-9-10-21(36)28(29,30)31/h11,13,16-20,24-26H,9-10,12,14-15H2,1-8H3,(H,33,37)(H2,32,34,38)/t20-,24?,25+,26-/m1/s1. The zero-order valence-corrected chi connectivity index (χ0v) is 29.2. The van der Waals surface area contributed by atoms with Crippen molar-refractivity contribution in [2.24, 2.45) is 0 Å². The van der Waals surface area contributed by atoms with Crippen LogP contribution in [0.3, 0.4) is 0 Å². The number of rotatable bonds is 12. The fourth-order valence-corrected chi connectivity index (χ4v) is 17.2. The summed E-state index contributed by atoms with van der Waals surface area (Å²) in [5, 5.41) is 2.47. The summed E-state index contributed by atoms with van der Waals surface area (Å²) in [6.07, 6.45) is -8.00. The lowest BCUT2D eigenvalue weighted by Crippen LogP contribution is -2.66. The normalized spacial score (nSPS) is 25.0. The quantitative estimate of drug-likeness (QED) is 0.244. The van der Waals surface area contributed by atoms with Crippen LogP contribution in [0.15, 0.2) is 17.1 Å². The summed E-state index contributed by atoms with van der Waals surface area (Å²) in [5.74, 6) is -2.46. The molecule has 0 spiro atoms. The van der Waals surface area contributed by atoms with Crippen molar-refractivity contribution in [2.75, 3.05) is 25.5 Å². The number of nitrogens with two attached hydrogens (primary N) is 1. The summed E-state index contributed by atoms with van der Waals surface area (Å²) in [5.41, 5.74) is 5.17. The van der Waals surface area contributed by atoms with Crippen molar-refractivity contribution in [3.63, 3.8) is 0 Å². The lowest BCUT2D eigenvalue weighted by atomic mass is 10.1. The van der Waals surface area contributed by atoms with Gasteiger partial charge in [-0.3, -0.25) is 14.2 Å². The first-order valence-electron chi connectivity index (χ1n) is 15.4. The number of nitrogen functional groups attached to an aromatic ring is 1. The van der Waals surface area contributed by atoms with Crippen molar-refractivity contribution in [3.05, 3.63) is 22.7 Å². The molecule has 2 fully saturated rings. The molecular formula is C28H47F3N4O8Si2. The Morgan fingerprint density at radius 1 is 1.09 bits per heavy atom. The maximum atomic E-state index is 12.9. The van der Waals surface area contributed by atoms with Crippen LogP contribution in [0.25, 0.3) is 0 Å². The average Bonchev–Trinajstić information content (AvgIpc) is 3.24. The Kier molecular flexibility index (Phi) is 12.2. The van der Waals surface area contributed by atoms with Gasteiger partial charge in [0.2, 0.25) is 11.7 Å². The molecule has 0 bridgehead atoms. The number of alkyl halides is 3. The minimum atomic E-state index is -4.92. The molecule has 12 nitrogen and oxygen atoms in total. The van der Waals surface area contributed by atoms with E-state index in [1.165, 1.54) is 16.8 Å². The Hall–Kier alpha value is -2.16. The summed E-state index contributed by atoms with van der Waals surface area (Å²) >= 11 is 0. The van der Waals surface area contributed by atoms with Crippen molar-refractivity contribution in [1.82, 2.24) is 14.9 Å². The summed E-state index contributed by atoms with van der Waals surface area (Å²) in [6.45, 7) is 16.0. The Morgan fingerprint density at radius 2 is 1.69 bits per heavy atom. The zero-order valence-electron chi connectivity index (χ0n) is 27.2. The molecule has 2 saturated heterocycles. The highest BCUT2D eigenvalue weighted by Gasteiger charge is 2.62. The molecule has 1 aromatic heterocycles. The molecule has 1 amide bonds. The fraction of sp³-hybridized carbons (Fsp3) is 0.786. The van der Waals surface area contributed by atoms with E-state index in [0.717, 1.165) is 0 Å². The molecule has 3 rings (SSSR count). The van der Waals surface area contributed by atoms with E-state index >= 15 is 0 Å². The summed E-state index contributed by atoms with van der Waals surface area (Å²) in [4.78, 5) is 40.6. The van der Waals surface area contributed by atoms with E-state index in [-0.39, 0.29) is 47.6 Å². The van der Waals surface area contributed by atoms with Gasteiger partial charge in [0.15, 0.2) is 6.23 Å². The topological polar surface area (TPSA) is 153 Å². The van der Waals surface area contributed by atoms with E-state index in [4.69, 9.17) is 28.2 Å². The molecule has 256 valence electrons. The van der Waals surface area contributed by atoms with Crippen LogP contribution in [0.5, 0.6) is 0 Å². The zero-order chi connectivity index (χ0) is 33.9. The van der Waals surface area contributed by atoms with E-state index in [9.17, 15) is 27.6 Å². The van der Waals surface area contributed by atoms with Gasteiger partial charge in [-0.1, -0.05) is 55.4 Å². The number of hydrogen-bond acceptors (Lipinski definition) is 10. The number of aromatic nitrogens is 2. The SMILES string of the molecule is CC(C)[Si]1(C(C)C)OC[C@H]2O[C@@H](n3ccc(N)nc3=O)[C@@H](OCC(=O)NCCCC(=O)C(F)(F)F)C2O[Si](C(C)C)(C(C)C)O1. The average molecular weight is 681 g/mol. The van der Waals surface area contributed by atoms with Crippen LogP contribution in [-0.2, 0) is 32.0 Å². The second-order valence-electron chi connectivity index (χ2n) is 12.8.